The van der Waals surface area contributed by atoms with Crippen LogP contribution in [-0.4, -0.2) is 36.1 Å². The Hall–Kier alpha value is -0.0800. The summed E-state index contributed by atoms with van der Waals surface area (Å²) in [7, 11) is 0. The lowest BCUT2D eigenvalue weighted by atomic mass is 9.78. The van der Waals surface area contributed by atoms with Crippen molar-refractivity contribution in [3.8, 4) is 0 Å². The van der Waals surface area contributed by atoms with E-state index in [0.29, 0.717) is 5.54 Å². The van der Waals surface area contributed by atoms with Gasteiger partial charge in [0.1, 0.15) is 0 Å². The van der Waals surface area contributed by atoms with E-state index in [2.05, 4.69) is 31.0 Å². The van der Waals surface area contributed by atoms with Crippen molar-refractivity contribution in [2.75, 3.05) is 19.6 Å². The Balaban J connectivity index is 1.96. The third-order valence-electron chi connectivity index (χ3n) is 3.65. The molecule has 0 bridgehead atoms. The topological polar surface area (TPSA) is 15.3 Å². The van der Waals surface area contributed by atoms with Crippen LogP contribution in [-0.2, 0) is 0 Å². The molecule has 0 radical (unpaired) electrons. The minimum absolute atomic E-state index is 0.378. The average molecular weight is 182 g/mol. The van der Waals surface area contributed by atoms with Crippen molar-refractivity contribution in [2.24, 2.45) is 5.92 Å². The first-order chi connectivity index (χ1) is 6.09. The van der Waals surface area contributed by atoms with Crippen LogP contribution in [0.25, 0.3) is 0 Å². The van der Waals surface area contributed by atoms with Gasteiger partial charge < -0.3 is 5.32 Å². The van der Waals surface area contributed by atoms with Crippen molar-refractivity contribution in [2.45, 2.75) is 45.2 Å². The maximum Gasteiger partial charge on any atom is 0.0281 e. The van der Waals surface area contributed by atoms with Crippen LogP contribution < -0.4 is 5.32 Å². The summed E-state index contributed by atoms with van der Waals surface area (Å²) in [5.74, 6) is 0.968. The molecule has 0 atom stereocenters. The Morgan fingerprint density at radius 1 is 1.31 bits per heavy atom. The van der Waals surface area contributed by atoms with E-state index in [1.165, 1.54) is 25.9 Å². The molecule has 1 heterocycles. The van der Waals surface area contributed by atoms with Crippen molar-refractivity contribution >= 4 is 0 Å². The maximum absolute atomic E-state index is 3.48. The van der Waals surface area contributed by atoms with E-state index in [1.807, 2.05) is 0 Å². The molecule has 13 heavy (non-hydrogen) atoms. The summed E-state index contributed by atoms with van der Waals surface area (Å²) >= 11 is 0. The van der Waals surface area contributed by atoms with Gasteiger partial charge in [-0.05, 0) is 32.6 Å². The quantitative estimate of drug-likeness (QED) is 0.660. The molecule has 1 saturated carbocycles. The van der Waals surface area contributed by atoms with E-state index in [9.17, 15) is 0 Å². The zero-order valence-corrected chi connectivity index (χ0v) is 9.14. The number of hydrogen-bond acceptors (Lipinski definition) is 2. The molecule has 0 amide bonds. The zero-order valence-electron chi connectivity index (χ0n) is 9.14. The zero-order chi connectivity index (χ0) is 9.47. The largest absolute Gasteiger partial charge is 0.314 e. The number of rotatable bonds is 1. The molecule has 0 aromatic rings. The van der Waals surface area contributed by atoms with Crippen molar-refractivity contribution < 1.29 is 0 Å². The van der Waals surface area contributed by atoms with Crippen molar-refractivity contribution in [3.05, 3.63) is 0 Å². The summed E-state index contributed by atoms with van der Waals surface area (Å²) in [5.41, 5.74) is 0.378. The molecule has 76 valence electrons. The lowest BCUT2D eigenvalue weighted by Gasteiger charge is -2.52. The van der Waals surface area contributed by atoms with Crippen molar-refractivity contribution in [3.63, 3.8) is 0 Å². The van der Waals surface area contributed by atoms with Crippen LogP contribution >= 0.6 is 0 Å². The van der Waals surface area contributed by atoms with Crippen molar-refractivity contribution in [1.29, 1.82) is 0 Å². The minimum Gasteiger partial charge on any atom is -0.314 e. The standard InChI is InChI=1S/C11H22N2/c1-9-6-10(7-9)13-5-4-12-8-11(13,2)3/h9-10,12H,4-8H2,1-3H3. The van der Waals surface area contributed by atoms with Gasteiger partial charge in [-0.25, -0.2) is 0 Å². The summed E-state index contributed by atoms with van der Waals surface area (Å²) in [6, 6.07) is 0.882. The molecular formula is C11H22N2. The summed E-state index contributed by atoms with van der Waals surface area (Å²) in [4.78, 5) is 2.71. The normalized spacial score (nSPS) is 39.9. The molecule has 0 spiro atoms. The highest BCUT2D eigenvalue weighted by Gasteiger charge is 2.39. The highest BCUT2D eigenvalue weighted by atomic mass is 15.3. The van der Waals surface area contributed by atoms with Gasteiger partial charge in [-0.1, -0.05) is 6.92 Å². The van der Waals surface area contributed by atoms with Gasteiger partial charge in [0.25, 0.3) is 0 Å². The number of piperazine rings is 1. The summed E-state index contributed by atoms with van der Waals surface area (Å²) in [5, 5.41) is 3.48. The van der Waals surface area contributed by atoms with E-state index in [-0.39, 0.29) is 0 Å². The Morgan fingerprint density at radius 2 is 2.00 bits per heavy atom. The van der Waals surface area contributed by atoms with Crippen LogP contribution in [0.2, 0.25) is 0 Å². The van der Waals surface area contributed by atoms with Crippen LogP contribution in [0.5, 0.6) is 0 Å². The summed E-state index contributed by atoms with van der Waals surface area (Å²) < 4.78 is 0. The SMILES string of the molecule is CC1CC(N2CCNCC2(C)C)C1. The number of hydrogen-bond donors (Lipinski definition) is 1. The molecule has 0 unspecified atom stereocenters. The van der Waals surface area contributed by atoms with Crippen LogP contribution in [0.15, 0.2) is 0 Å². The molecule has 1 aliphatic heterocycles. The Bertz CT molecular complexity index is 183. The molecule has 2 aliphatic rings. The fraction of sp³-hybridized carbons (Fsp3) is 1.00. The van der Waals surface area contributed by atoms with Gasteiger partial charge in [-0.2, -0.15) is 0 Å². The van der Waals surface area contributed by atoms with E-state index in [0.717, 1.165) is 18.5 Å². The first kappa shape index (κ1) is 9.47. The lowest BCUT2D eigenvalue weighted by molar-refractivity contribution is -0.00948. The fourth-order valence-electron chi connectivity index (χ4n) is 2.79. The fourth-order valence-corrected chi connectivity index (χ4v) is 2.79. The molecular weight excluding hydrogens is 160 g/mol. The molecule has 0 aromatic carbocycles. The van der Waals surface area contributed by atoms with Gasteiger partial charge >= 0.3 is 0 Å². The smallest absolute Gasteiger partial charge is 0.0281 e. The van der Waals surface area contributed by atoms with E-state index < -0.39 is 0 Å². The van der Waals surface area contributed by atoms with Gasteiger partial charge in [0.15, 0.2) is 0 Å². The Labute approximate surface area is 81.7 Å². The monoisotopic (exact) mass is 182 g/mol. The first-order valence-corrected chi connectivity index (χ1v) is 5.57. The van der Waals surface area contributed by atoms with Gasteiger partial charge in [0, 0.05) is 31.2 Å². The van der Waals surface area contributed by atoms with E-state index in [4.69, 9.17) is 0 Å². The molecule has 2 nitrogen and oxygen atoms in total. The first-order valence-electron chi connectivity index (χ1n) is 5.57. The molecule has 2 heteroatoms. The van der Waals surface area contributed by atoms with Gasteiger partial charge in [-0.15, -0.1) is 0 Å². The predicted molar refractivity (Wildman–Crippen MR) is 55.8 cm³/mol. The van der Waals surface area contributed by atoms with Crippen LogP contribution in [0.3, 0.4) is 0 Å². The molecule has 2 fully saturated rings. The molecule has 2 rings (SSSR count). The van der Waals surface area contributed by atoms with Gasteiger partial charge in [0.05, 0.1) is 0 Å². The highest BCUT2D eigenvalue weighted by molar-refractivity contribution is 4.96. The lowest BCUT2D eigenvalue weighted by Crippen LogP contribution is -2.63. The summed E-state index contributed by atoms with van der Waals surface area (Å²) in [6.45, 7) is 10.7. The number of nitrogens with one attached hydrogen (secondary N) is 1. The Kier molecular flexibility index (Phi) is 2.37. The van der Waals surface area contributed by atoms with E-state index in [1.54, 1.807) is 0 Å². The average Bonchev–Trinajstić information content (AvgIpc) is 1.99. The third-order valence-corrected chi connectivity index (χ3v) is 3.65. The Morgan fingerprint density at radius 3 is 2.54 bits per heavy atom. The second-order valence-corrected chi connectivity index (χ2v) is 5.41. The summed E-state index contributed by atoms with van der Waals surface area (Å²) in [6.07, 6.45) is 2.84. The number of nitrogens with zero attached hydrogens (tertiary/aromatic N) is 1. The second kappa shape index (κ2) is 3.25. The minimum atomic E-state index is 0.378. The van der Waals surface area contributed by atoms with E-state index >= 15 is 0 Å². The van der Waals surface area contributed by atoms with Crippen LogP contribution in [0, 0.1) is 5.92 Å². The molecule has 1 N–H and O–H groups in total. The highest BCUT2D eigenvalue weighted by Crippen LogP contribution is 2.35. The third kappa shape index (κ3) is 1.75. The predicted octanol–water partition coefficient (Wildman–Crippen LogP) is 1.47. The van der Waals surface area contributed by atoms with Crippen LogP contribution in [0.4, 0.5) is 0 Å². The second-order valence-electron chi connectivity index (χ2n) is 5.41. The van der Waals surface area contributed by atoms with Crippen LogP contribution in [0.1, 0.15) is 33.6 Å². The van der Waals surface area contributed by atoms with Crippen molar-refractivity contribution in [1.82, 2.24) is 10.2 Å². The maximum atomic E-state index is 3.48. The molecule has 0 aromatic heterocycles. The van der Waals surface area contributed by atoms with Gasteiger partial charge in [0.2, 0.25) is 0 Å². The molecule has 1 saturated heterocycles. The molecule has 1 aliphatic carbocycles. The van der Waals surface area contributed by atoms with Gasteiger partial charge in [-0.3, -0.25) is 4.90 Å².